The Morgan fingerprint density at radius 1 is 1.40 bits per heavy atom. The van der Waals surface area contributed by atoms with E-state index in [1.807, 2.05) is 24.3 Å². The number of oxazole rings is 1. The highest BCUT2D eigenvalue weighted by atomic mass is 79.9. The van der Waals surface area contributed by atoms with Crippen LogP contribution in [0.4, 0.5) is 0 Å². The van der Waals surface area contributed by atoms with Crippen molar-refractivity contribution in [2.45, 2.75) is 6.54 Å². The number of para-hydroxylation sites is 1. The predicted octanol–water partition coefficient (Wildman–Crippen LogP) is 2.69. The van der Waals surface area contributed by atoms with Gasteiger partial charge >= 0.3 is 6.08 Å². The molecule has 0 amide bonds. The van der Waals surface area contributed by atoms with Crippen LogP contribution in [0, 0.1) is 0 Å². The van der Waals surface area contributed by atoms with E-state index in [4.69, 9.17) is 14.9 Å². The van der Waals surface area contributed by atoms with Gasteiger partial charge in [0.1, 0.15) is 12.0 Å². The molecule has 0 aliphatic carbocycles. The third-order valence-corrected chi connectivity index (χ3v) is 2.43. The van der Waals surface area contributed by atoms with Crippen molar-refractivity contribution in [2.75, 3.05) is 0 Å². The normalized spacial score (nSPS) is 10.3. The summed E-state index contributed by atoms with van der Waals surface area (Å²) in [6.07, 6.45) is 1.67. The van der Waals surface area contributed by atoms with Gasteiger partial charge in [0.2, 0.25) is 0 Å². The molecule has 0 atom stereocenters. The van der Waals surface area contributed by atoms with Gasteiger partial charge in [-0.05, 0) is 28.1 Å². The van der Waals surface area contributed by atoms with Gasteiger partial charge in [-0.1, -0.05) is 12.1 Å². The molecule has 0 fully saturated rings. The van der Waals surface area contributed by atoms with Crippen molar-refractivity contribution in [3.63, 3.8) is 0 Å². The van der Waals surface area contributed by atoms with Crippen molar-refractivity contribution < 1.29 is 9.15 Å². The van der Waals surface area contributed by atoms with Crippen LogP contribution in [0.5, 0.6) is 11.8 Å². The lowest BCUT2D eigenvalue weighted by Gasteiger charge is -2.01. The summed E-state index contributed by atoms with van der Waals surface area (Å²) in [7, 11) is 0. The maximum absolute atomic E-state index is 5.41. The summed E-state index contributed by atoms with van der Waals surface area (Å²) < 4.78 is 11.3. The lowest BCUT2D eigenvalue weighted by molar-refractivity contribution is 0.329. The van der Waals surface area contributed by atoms with E-state index in [2.05, 4.69) is 20.9 Å². The molecule has 0 saturated heterocycles. The number of benzene rings is 1. The third-order valence-electron chi connectivity index (χ3n) is 1.77. The summed E-state index contributed by atoms with van der Waals surface area (Å²) in [5, 5.41) is 0. The molecule has 0 radical (unpaired) electrons. The van der Waals surface area contributed by atoms with Gasteiger partial charge in [-0.3, -0.25) is 0 Å². The Morgan fingerprint density at radius 3 is 2.87 bits per heavy atom. The number of nitrogens with zero attached hydrogens (tertiary/aromatic N) is 1. The molecular weight excluding hydrogens is 260 g/mol. The first-order chi connectivity index (χ1) is 7.29. The Labute approximate surface area is 95.2 Å². The number of halogens is 1. The first-order valence-corrected chi connectivity index (χ1v) is 5.16. The molecule has 4 nitrogen and oxygen atoms in total. The van der Waals surface area contributed by atoms with Crippen molar-refractivity contribution in [3.05, 3.63) is 40.7 Å². The van der Waals surface area contributed by atoms with Gasteiger partial charge in [-0.2, -0.15) is 4.98 Å². The van der Waals surface area contributed by atoms with Gasteiger partial charge in [-0.15, -0.1) is 0 Å². The van der Waals surface area contributed by atoms with Crippen LogP contribution in [0.15, 0.2) is 39.4 Å². The van der Waals surface area contributed by atoms with Crippen molar-refractivity contribution in [3.8, 4) is 11.8 Å². The first-order valence-electron chi connectivity index (χ1n) is 4.36. The highest BCUT2D eigenvalue weighted by Gasteiger charge is 2.07. The minimum absolute atomic E-state index is 0.197. The SMILES string of the molecule is NCc1coc(Oc2ccccc2Br)n1. The van der Waals surface area contributed by atoms with Crippen LogP contribution in [0.2, 0.25) is 0 Å². The van der Waals surface area contributed by atoms with E-state index in [9.17, 15) is 0 Å². The Hall–Kier alpha value is -1.33. The zero-order chi connectivity index (χ0) is 10.7. The van der Waals surface area contributed by atoms with Gasteiger partial charge in [0, 0.05) is 6.54 Å². The summed E-state index contributed by atoms with van der Waals surface area (Å²) in [5.41, 5.74) is 6.06. The lowest BCUT2D eigenvalue weighted by atomic mass is 10.3. The molecule has 78 valence electrons. The topological polar surface area (TPSA) is 61.3 Å². The molecule has 2 aromatic rings. The van der Waals surface area contributed by atoms with E-state index < -0.39 is 0 Å². The van der Waals surface area contributed by atoms with Crippen molar-refractivity contribution in [2.24, 2.45) is 5.73 Å². The molecule has 0 aliphatic heterocycles. The zero-order valence-electron chi connectivity index (χ0n) is 7.81. The van der Waals surface area contributed by atoms with Crippen LogP contribution in [-0.2, 0) is 6.54 Å². The number of ether oxygens (including phenoxy) is 1. The molecule has 0 spiro atoms. The molecule has 5 heteroatoms. The molecule has 1 aromatic heterocycles. The maximum Gasteiger partial charge on any atom is 0.399 e. The Kier molecular flexibility index (Phi) is 3.03. The summed E-state index contributed by atoms with van der Waals surface area (Å²) in [6, 6.07) is 7.46. The number of nitrogens with two attached hydrogens (primary N) is 1. The van der Waals surface area contributed by atoms with Crippen LogP contribution in [0.3, 0.4) is 0 Å². The van der Waals surface area contributed by atoms with E-state index >= 15 is 0 Å². The molecule has 2 rings (SSSR count). The fraction of sp³-hybridized carbons (Fsp3) is 0.100. The average molecular weight is 269 g/mol. The maximum atomic E-state index is 5.41. The van der Waals surface area contributed by atoms with E-state index in [0.29, 0.717) is 18.0 Å². The summed E-state index contributed by atoms with van der Waals surface area (Å²) in [4.78, 5) is 4.03. The second-order valence-corrected chi connectivity index (χ2v) is 3.70. The van der Waals surface area contributed by atoms with Gasteiger partial charge in [0.15, 0.2) is 0 Å². The van der Waals surface area contributed by atoms with E-state index in [1.165, 1.54) is 6.26 Å². The fourth-order valence-electron chi connectivity index (χ4n) is 1.05. The van der Waals surface area contributed by atoms with E-state index in [0.717, 1.165) is 4.47 Å². The van der Waals surface area contributed by atoms with E-state index in [1.54, 1.807) is 0 Å². The molecule has 0 unspecified atom stereocenters. The van der Waals surface area contributed by atoms with Crippen LogP contribution in [0.1, 0.15) is 5.69 Å². The molecule has 0 aliphatic rings. The van der Waals surface area contributed by atoms with Gasteiger partial charge in [0.25, 0.3) is 0 Å². The molecule has 0 bridgehead atoms. The van der Waals surface area contributed by atoms with Crippen LogP contribution < -0.4 is 10.5 Å². The molecule has 15 heavy (non-hydrogen) atoms. The smallest absolute Gasteiger partial charge is 0.399 e. The molecule has 2 N–H and O–H groups in total. The van der Waals surface area contributed by atoms with E-state index in [-0.39, 0.29) is 6.08 Å². The fourth-order valence-corrected chi connectivity index (χ4v) is 1.42. The third kappa shape index (κ3) is 2.37. The van der Waals surface area contributed by atoms with Crippen LogP contribution >= 0.6 is 15.9 Å². The standard InChI is InChI=1S/C10H9BrN2O2/c11-8-3-1-2-4-9(8)15-10-13-7(5-12)6-14-10/h1-4,6H,5,12H2. The highest BCUT2D eigenvalue weighted by molar-refractivity contribution is 9.10. The second-order valence-electron chi connectivity index (χ2n) is 2.84. The number of rotatable bonds is 3. The first kappa shape index (κ1) is 10.2. The largest absolute Gasteiger partial charge is 0.417 e. The summed E-state index contributed by atoms with van der Waals surface area (Å²) >= 11 is 3.36. The van der Waals surface area contributed by atoms with Gasteiger partial charge < -0.3 is 14.9 Å². The van der Waals surface area contributed by atoms with Gasteiger partial charge in [-0.25, -0.2) is 0 Å². The zero-order valence-corrected chi connectivity index (χ0v) is 9.40. The minimum atomic E-state index is 0.197. The summed E-state index contributed by atoms with van der Waals surface area (Å²) in [6.45, 7) is 0.336. The quantitative estimate of drug-likeness (QED) is 0.930. The van der Waals surface area contributed by atoms with Crippen LogP contribution in [-0.4, -0.2) is 4.98 Å². The van der Waals surface area contributed by atoms with Gasteiger partial charge in [0.05, 0.1) is 10.2 Å². The Balaban J connectivity index is 2.18. The predicted molar refractivity (Wildman–Crippen MR) is 58.6 cm³/mol. The van der Waals surface area contributed by atoms with Crippen molar-refractivity contribution in [1.29, 1.82) is 0 Å². The number of hydrogen-bond donors (Lipinski definition) is 1. The van der Waals surface area contributed by atoms with Crippen molar-refractivity contribution >= 4 is 15.9 Å². The number of hydrogen-bond acceptors (Lipinski definition) is 4. The number of aromatic nitrogens is 1. The molecule has 1 aromatic carbocycles. The monoisotopic (exact) mass is 268 g/mol. The second kappa shape index (κ2) is 4.46. The molecule has 0 saturated carbocycles. The minimum Gasteiger partial charge on any atom is -0.417 e. The highest BCUT2D eigenvalue weighted by Crippen LogP contribution is 2.28. The van der Waals surface area contributed by atoms with Crippen LogP contribution in [0.25, 0.3) is 0 Å². The Morgan fingerprint density at radius 2 is 2.20 bits per heavy atom. The molecular formula is C10H9BrN2O2. The van der Waals surface area contributed by atoms with Crippen molar-refractivity contribution in [1.82, 2.24) is 4.98 Å². The average Bonchev–Trinajstić information content (AvgIpc) is 2.69. The lowest BCUT2D eigenvalue weighted by Crippen LogP contribution is -1.95. The Bertz CT molecular complexity index is 456. The molecule has 1 heterocycles. The summed E-state index contributed by atoms with van der Waals surface area (Å²) in [5.74, 6) is 0.655.